The monoisotopic (exact) mass is 326 g/mol. The first-order valence-corrected chi connectivity index (χ1v) is 8.74. The number of benzene rings is 1. The van der Waals surface area contributed by atoms with E-state index in [4.69, 9.17) is 0 Å². The fourth-order valence-corrected chi connectivity index (χ4v) is 3.91. The van der Waals surface area contributed by atoms with Gasteiger partial charge in [0.05, 0.1) is 17.6 Å². The quantitative estimate of drug-likeness (QED) is 0.910. The molecule has 2 fully saturated rings. The molecule has 6 heteroatoms. The number of nitrogens with zero attached hydrogens (tertiary/aromatic N) is 2. The van der Waals surface area contributed by atoms with Crippen LogP contribution in [0.25, 0.3) is 10.9 Å². The van der Waals surface area contributed by atoms with E-state index in [1.165, 1.54) is 19.3 Å². The molecule has 24 heavy (non-hydrogen) atoms. The molecule has 1 unspecified atom stereocenters. The summed E-state index contributed by atoms with van der Waals surface area (Å²) in [5.74, 6) is -0.191. The second-order valence-electron chi connectivity index (χ2n) is 6.90. The number of carbonyl (C=O) groups excluding carboxylic acids is 2. The first-order chi connectivity index (χ1) is 11.7. The molecule has 1 aromatic heterocycles. The summed E-state index contributed by atoms with van der Waals surface area (Å²) in [5.41, 5.74) is 1.62. The number of nitrogens with one attached hydrogen (secondary N) is 2. The Bertz CT molecular complexity index is 763. The van der Waals surface area contributed by atoms with Crippen LogP contribution in [-0.2, 0) is 9.59 Å². The largest absolute Gasteiger partial charge is 0.339 e. The number of carbonyl (C=O) groups is 2. The Kier molecular flexibility index (Phi) is 3.96. The molecule has 1 aliphatic carbocycles. The van der Waals surface area contributed by atoms with Crippen LogP contribution in [0, 0.1) is 5.92 Å². The predicted molar refractivity (Wildman–Crippen MR) is 91.4 cm³/mol. The fraction of sp³-hybridized carbons (Fsp3) is 0.500. The lowest BCUT2D eigenvalue weighted by molar-refractivity contribution is -0.130. The third kappa shape index (κ3) is 2.88. The molecule has 4 rings (SSSR count). The van der Waals surface area contributed by atoms with Crippen LogP contribution in [0.1, 0.15) is 38.5 Å². The molecule has 1 aliphatic heterocycles. The lowest BCUT2D eigenvalue weighted by Crippen LogP contribution is -2.38. The maximum Gasteiger partial charge on any atom is 0.229 e. The minimum Gasteiger partial charge on any atom is -0.339 e. The lowest BCUT2D eigenvalue weighted by Gasteiger charge is -2.31. The Hall–Kier alpha value is -2.37. The molecule has 1 aromatic carbocycles. The lowest BCUT2D eigenvalue weighted by atomic mass is 9.94. The van der Waals surface area contributed by atoms with Crippen LogP contribution in [0.5, 0.6) is 0 Å². The number of rotatable bonds is 3. The van der Waals surface area contributed by atoms with Crippen LogP contribution in [-0.4, -0.2) is 39.5 Å². The van der Waals surface area contributed by atoms with Crippen molar-refractivity contribution >= 4 is 28.4 Å². The zero-order chi connectivity index (χ0) is 16.5. The van der Waals surface area contributed by atoms with Crippen LogP contribution < -0.4 is 5.32 Å². The van der Waals surface area contributed by atoms with E-state index in [1.807, 2.05) is 23.1 Å². The Balaban J connectivity index is 1.42. The normalized spacial score (nSPS) is 22.2. The number of hydrogen-bond donors (Lipinski definition) is 2. The summed E-state index contributed by atoms with van der Waals surface area (Å²) in [6.45, 7) is 0.557. The molecule has 0 spiro atoms. The van der Waals surface area contributed by atoms with Crippen molar-refractivity contribution in [3.63, 3.8) is 0 Å². The van der Waals surface area contributed by atoms with Gasteiger partial charge in [0.1, 0.15) is 0 Å². The van der Waals surface area contributed by atoms with E-state index >= 15 is 0 Å². The van der Waals surface area contributed by atoms with Gasteiger partial charge in [0.2, 0.25) is 11.8 Å². The number of likely N-dealkylation sites (tertiary alicyclic amines) is 1. The highest BCUT2D eigenvalue weighted by Gasteiger charge is 2.38. The van der Waals surface area contributed by atoms with Crippen molar-refractivity contribution < 1.29 is 9.59 Å². The highest BCUT2D eigenvalue weighted by molar-refractivity contribution is 5.98. The van der Waals surface area contributed by atoms with E-state index in [-0.39, 0.29) is 17.7 Å². The summed E-state index contributed by atoms with van der Waals surface area (Å²) >= 11 is 0. The van der Waals surface area contributed by atoms with Crippen LogP contribution >= 0.6 is 0 Å². The van der Waals surface area contributed by atoms with Crippen LogP contribution in [0.3, 0.4) is 0 Å². The molecule has 1 saturated heterocycles. The van der Waals surface area contributed by atoms with Gasteiger partial charge in [0.15, 0.2) is 0 Å². The Morgan fingerprint density at radius 1 is 1.25 bits per heavy atom. The maximum absolute atomic E-state index is 12.5. The van der Waals surface area contributed by atoms with Crippen molar-refractivity contribution in [2.24, 2.45) is 5.92 Å². The number of aromatic nitrogens is 2. The second-order valence-corrected chi connectivity index (χ2v) is 6.90. The molecular formula is C18H22N4O2. The smallest absolute Gasteiger partial charge is 0.229 e. The summed E-state index contributed by atoms with van der Waals surface area (Å²) in [6.07, 6.45) is 7.88. The van der Waals surface area contributed by atoms with Gasteiger partial charge in [0.25, 0.3) is 0 Å². The predicted octanol–water partition coefficient (Wildman–Crippen LogP) is 2.68. The molecule has 0 bridgehead atoms. The van der Waals surface area contributed by atoms with E-state index in [0.29, 0.717) is 19.0 Å². The molecule has 2 aromatic rings. The third-order valence-electron chi connectivity index (χ3n) is 5.25. The van der Waals surface area contributed by atoms with Crippen LogP contribution in [0.4, 0.5) is 5.69 Å². The minimum absolute atomic E-state index is 0.0690. The summed E-state index contributed by atoms with van der Waals surface area (Å²) in [7, 11) is 0. The molecule has 126 valence electrons. The zero-order valence-corrected chi connectivity index (χ0v) is 13.6. The highest BCUT2D eigenvalue weighted by Crippen LogP contribution is 2.29. The molecule has 6 nitrogen and oxygen atoms in total. The van der Waals surface area contributed by atoms with Crippen molar-refractivity contribution in [3.05, 3.63) is 24.4 Å². The molecule has 2 heterocycles. The van der Waals surface area contributed by atoms with E-state index in [1.54, 1.807) is 6.20 Å². The van der Waals surface area contributed by atoms with Gasteiger partial charge in [-0.05, 0) is 31.0 Å². The van der Waals surface area contributed by atoms with E-state index < -0.39 is 0 Å². The van der Waals surface area contributed by atoms with Gasteiger partial charge in [-0.25, -0.2) is 0 Å². The summed E-state index contributed by atoms with van der Waals surface area (Å²) in [6, 6.07) is 5.99. The summed E-state index contributed by atoms with van der Waals surface area (Å²) in [5, 5.41) is 10.8. The number of amides is 2. The van der Waals surface area contributed by atoms with E-state index in [0.717, 1.165) is 29.4 Å². The number of H-pyrrole nitrogens is 1. The van der Waals surface area contributed by atoms with Crippen molar-refractivity contribution in [1.82, 2.24) is 15.1 Å². The first kappa shape index (κ1) is 15.2. The molecular weight excluding hydrogens is 304 g/mol. The average molecular weight is 326 g/mol. The Morgan fingerprint density at radius 3 is 2.92 bits per heavy atom. The third-order valence-corrected chi connectivity index (χ3v) is 5.25. The van der Waals surface area contributed by atoms with Crippen molar-refractivity contribution in [1.29, 1.82) is 0 Å². The number of anilines is 1. The minimum atomic E-state index is -0.253. The number of aromatic amines is 1. The fourth-order valence-electron chi connectivity index (χ4n) is 3.91. The van der Waals surface area contributed by atoms with Crippen LogP contribution in [0.15, 0.2) is 24.4 Å². The van der Waals surface area contributed by atoms with E-state index in [2.05, 4.69) is 15.5 Å². The average Bonchev–Trinajstić information content (AvgIpc) is 3.21. The van der Waals surface area contributed by atoms with Gasteiger partial charge in [-0.15, -0.1) is 0 Å². The molecule has 1 saturated carbocycles. The maximum atomic E-state index is 12.5. The van der Waals surface area contributed by atoms with Gasteiger partial charge in [0, 0.05) is 30.1 Å². The van der Waals surface area contributed by atoms with E-state index in [9.17, 15) is 9.59 Å². The standard InChI is InChI=1S/C18H22N4O2/c23-17-8-13(11-22(17)15-4-2-1-3-5-15)18(24)20-14-7-6-12-10-19-21-16(12)9-14/h6-7,9-10,13,15H,1-5,8,11H2,(H,19,21)(H,20,24). The van der Waals surface area contributed by atoms with Crippen molar-refractivity contribution in [3.8, 4) is 0 Å². The van der Waals surface area contributed by atoms with Gasteiger partial charge in [-0.1, -0.05) is 19.3 Å². The van der Waals surface area contributed by atoms with Crippen molar-refractivity contribution in [2.45, 2.75) is 44.6 Å². The van der Waals surface area contributed by atoms with Gasteiger partial charge in [-0.3, -0.25) is 14.7 Å². The Labute approximate surface area is 140 Å². The molecule has 1 atom stereocenters. The molecule has 2 aliphatic rings. The first-order valence-electron chi connectivity index (χ1n) is 8.74. The zero-order valence-electron chi connectivity index (χ0n) is 13.6. The van der Waals surface area contributed by atoms with Gasteiger partial charge in [-0.2, -0.15) is 5.10 Å². The SMILES string of the molecule is O=C(Nc1ccc2cn[nH]c2c1)C1CC(=O)N(C2CCCCC2)C1. The highest BCUT2D eigenvalue weighted by atomic mass is 16.2. The summed E-state index contributed by atoms with van der Waals surface area (Å²) < 4.78 is 0. The molecule has 2 N–H and O–H groups in total. The summed E-state index contributed by atoms with van der Waals surface area (Å²) in [4.78, 5) is 26.8. The molecule has 2 amide bonds. The van der Waals surface area contributed by atoms with Crippen LogP contribution in [0.2, 0.25) is 0 Å². The second kappa shape index (κ2) is 6.26. The van der Waals surface area contributed by atoms with Gasteiger partial charge >= 0.3 is 0 Å². The topological polar surface area (TPSA) is 78.1 Å². The van der Waals surface area contributed by atoms with Gasteiger partial charge < -0.3 is 10.2 Å². The van der Waals surface area contributed by atoms with Crippen molar-refractivity contribution in [2.75, 3.05) is 11.9 Å². The Morgan fingerprint density at radius 2 is 2.08 bits per heavy atom. The number of hydrogen-bond acceptors (Lipinski definition) is 3. The number of fused-ring (bicyclic) bond motifs is 1. The molecule has 0 radical (unpaired) electrons.